The highest BCUT2D eigenvalue weighted by atomic mass is 16.2. The summed E-state index contributed by atoms with van der Waals surface area (Å²) in [5.41, 5.74) is 0.896. The van der Waals surface area contributed by atoms with Gasteiger partial charge in [0.2, 0.25) is 5.91 Å². The molecule has 1 aliphatic rings. The van der Waals surface area contributed by atoms with Gasteiger partial charge in [-0.1, -0.05) is 6.07 Å². The van der Waals surface area contributed by atoms with Crippen LogP contribution >= 0.6 is 0 Å². The molecule has 0 radical (unpaired) electrons. The summed E-state index contributed by atoms with van der Waals surface area (Å²) in [7, 11) is 0. The Morgan fingerprint density at radius 3 is 3.06 bits per heavy atom. The quantitative estimate of drug-likeness (QED) is 0.650. The van der Waals surface area contributed by atoms with E-state index >= 15 is 0 Å². The van der Waals surface area contributed by atoms with Crippen LogP contribution in [0, 0.1) is 6.92 Å². The molecule has 1 aromatic rings. The van der Waals surface area contributed by atoms with Crippen molar-refractivity contribution < 1.29 is 4.79 Å². The highest BCUT2D eigenvalue weighted by Crippen LogP contribution is 2.04. The fraction of sp³-hybridized carbons (Fsp3) is 0.455. The molecule has 1 amide bonds. The van der Waals surface area contributed by atoms with Gasteiger partial charge < -0.3 is 16.0 Å². The minimum absolute atomic E-state index is 0.0368. The Bertz CT molecular complexity index is 374. The van der Waals surface area contributed by atoms with Gasteiger partial charge in [0.1, 0.15) is 5.82 Å². The van der Waals surface area contributed by atoms with Gasteiger partial charge in [0, 0.05) is 25.3 Å². The second-order valence-corrected chi connectivity index (χ2v) is 3.86. The van der Waals surface area contributed by atoms with E-state index in [1.807, 2.05) is 19.1 Å². The van der Waals surface area contributed by atoms with Crippen molar-refractivity contribution in [2.45, 2.75) is 13.0 Å². The first-order valence-corrected chi connectivity index (χ1v) is 5.44. The minimum Gasteiger partial charge on any atom is -0.313 e. The van der Waals surface area contributed by atoms with Gasteiger partial charge >= 0.3 is 0 Å². The average molecular weight is 220 g/mol. The maximum Gasteiger partial charge on any atom is 0.243 e. The van der Waals surface area contributed by atoms with E-state index in [9.17, 15) is 4.79 Å². The third kappa shape index (κ3) is 2.77. The van der Waals surface area contributed by atoms with E-state index in [2.05, 4.69) is 20.9 Å². The molecule has 5 nitrogen and oxygen atoms in total. The van der Waals surface area contributed by atoms with Crippen LogP contribution in [0.15, 0.2) is 18.2 Å². The Balaban J connectivity index is 1.96. The number of nitrogens with one attached hydrogen (secondary N) is 3. The molecule has 1 aromatic heterocycles. The van der Waals surface area contributed by atoms with Crippen LogP contribution in [0.3, 0.4) is 0 Å². The number of aromatic nitrogens is 1. The lowest BCUT2D eigenvalue weighted by molar-refractivity contribution is -0.118. The molecule has 1 unspecified atom stereocenters. The second kappa shape index (κ2) is 5.05. The Kier molecular flexibility index (Phi) is 3.48. The van der Waals surface area contributed by atoms with Crippen molar-refractivity contribution in [3.8, 4) is 0 Å². The molecule has 0 aromatic carbocycles. The third-order valence-electron chi connectivity index (χ3n) is 2.50. The average Bonchev–Trinajstić information content (AvgIpc) is 2.30. The van der Waals surface area contributed by atoms with E-state index in [1.54, 1.807) is 6.07 Å². The van der Waals surface area contributed by atoms with Crippen LogP contribution in [0.4, 0.5) is 5.82 Å². The van der Waals surface area contributed by atoms with Crippen LogP contribution in [0.5, 0.6) is 0 Å². The van der Waals surface area contributed by atoms with Gasteiger partial charge in [0.15, 0.2) is 0 Å². The SMILES string of the molecule is Cc1cccc(NC(=O)C2CNCCN2)n1. The first-order chi connectivity index (χ1) is 7.75. The lowest BCUT2D eigenvalue weighted by atomic mass is 10.2. The Labute approximate surface area is 94.6 Å². The van der Waals surface area contributed by atoms with Crippen LogP contribution in [0.1, 0.15) is 5.69 Å². The largest absolute Gasteiger partial charge is 0.313 e. The van der Waals surface area contributed by atoms with Gasteiger partial charge in [-0.05, 0) is 19.1 Å². The fourth-order valence-corrected chi connectivity index (χ4v) is 1.66. The van der Waals surface area contributed by atoms with E-state index in [0.29, 0.717) is 12.4 Å². The number of amides is 1. The predicted octanol–water partition coefficient (Wildman–Crippen LogP) is -0.110. The lowest BCUT2D eigenvalue weighted by Gasteiger charge is -2.23. The number of hydrogen-bond acceptors (Lipinski definition) is 4. The van der Waals surface area contributed by atoms with Crippen LogP contribution in [0.2, 0.25) is 0 Å². The normalized spacial score (nSPS) is 20.4. The standard InChI is InChI=1S/C11H16N4O/c1-8-3-2-4-10(14-8)15-11(16)9-7-12-5-6-13-9/h2-4,9,12-13H,5-7H2,1H3,(H,14,15,16). The topological polar surface area (TPSA) is 66.1 Å². The molecule has 16 heavy (non-hydrogen) atoms. The first kappa shape index (κ1) is 11.0. The van der Waals surface area contributed by atoms with Crippen molar-refractivity contribution >= 4 is 11.7 Å². The van der Waals surface area contributed by atoms with E-state index in [1.165, 1.54) is 0 Å². The second-order valence-electron chi connectivity index (χ2n) is 3.86. The molecule has 0 spiro atoms. The van der Waals surface area contributed by atoms with Gasteiger partial charge in [-0.25, -0.2) is 4.98 Å². The number of anilines is 1. The zero-order valence-corrected chi connectivity index (χ0v) is 9.29. The van der Waals surface area contributed by atoms with Crippen LogP contribution in [0.25, 0.3) is 0 Å². The molecule has 0 bridgehead atoms. The van der Waals surface area contributed by atoms with Crippen molar-refractivity contribution in [3.63, 3.8) is 0 Å². The van der Waals surface area contributed by atoms with E-state index in [-0.39, 0.29) is 11.9 Å². The van der Waals surface area contributed by atoms with Crippen molar-refractivity contribution in [1.29, 1.82) is 0 Å². The van der Waals surface area contributed by atoms with Crippen molar-refractivity contribution in [3.05, 3.63) is 23.9 Å². The number of hydrogen-bond donors (Lipinski definition) is 3. The summed E-state index contributed by atoms with van der Waals surface area (Å²) in [6, 6.07) is 5.40. The number of carbonyl (C=O) groups is 1. The third-order valence-corrected chi connectivity index (χ3v) is 2.50. The first-order valence-electron chi connectivity index (χ1n) is 5.44. The molecule has 2 heterocycles. The zero-order valence-electron chi connectivity index (χ0n) is 9.29. The lowest BCUT2D eigenvalue weighted by Crippen LogP contribution is -2.54. The molecule has 2 rings (SSSR count). The highest BCUT2D eigenvalue weighted by Gasteiger charge is 2.20. The minimum atomic E-state index is -0.170. The molecular weight excluding hydrogens is 204 g/mol. The summed E-state index contributed by atoms with van der Waals surface area (Å²) in [5, 5.41) is 9.12. The smallest absolute Gasteiger partial charge is 0.243 e. The number of carbonyl (C=O) groups excluding carboxylic acids is 1. The number of aryl methyl sites for hydroxylation is 1. The summed E-state index contributed by atoms with van der Waals surface area (Å²) in [4.78, 5) is 16.1. The molecule has 86 valence electrons. The summed E-state index contributed by atoms with van der Waals surface area (Å²) in [6.07, 6.45) is 0. The molecule has 1 saturated heterocycles. The maximum atomic E-state index is 11.8. The molecule has 3 N–H and O–H groups in total. The van der Waals surface area contributed by atoms with E-state index in [4.69, 9.17) is 0 Å². The van der Waals surface area contributed by atoms with Gasteiger partial charge in [0.05, 0.1) is 6.04 Å². The monoisotopic (exact) mass is 220 g/mol. The number of rotatable bonds is 2. The molecule has 0 aliphatic carbocycles. The van der Waals surface area contributed by atoms with E-state index < -0.39 is 0 Å². The molecular formula is C11H16N4O. The van der Waals surface area contributed by atoms with Gasteiger partial charge in [0.25, 0.3) is 0 Å². The summed E-state index contributed by atoms with van der Waals surface area (Å²) in [6.45, 7) is 4.29. The zero-order chi connectivity index (χ0) is 11.4. The summed E-state index contributed by atoms with van der Waals surface area (Å²) >= 11 is 0. The van der Waals surface area contributed by atoms with E-state index in [0.717, 1.165) is 18.8 Å². The molecule has 1 aliphatic heterocycles. The molecule has 0 saturated carbocycles. The summed E-state index contributed by atoms with van der Waals surface area (Å²) in [5.74, 6) is 0.572. The van der Waals surface area contributed by atoms with Gasteiger partial charge in [-0.2, -0.15) is 0 Å². The van der Waals surface area contributed by atoms with Gasteiger partial charge in [-0.3, -0.25) is 4.79 Å². The summed E-state index contributed by atoms with van der Waals surface area (Å²) < 4.78 is 0. The fourth-order valence-electron chi connectivity index (χ4n) is 1.66. The molecule has 5 heteroatoms. The van der Waals surface area contributed by atoms with Crippen LogP contribution in [-0.4, -0.2) is 36.6 Å². The van der Waals surface area contributed by atoms with Crippen molar-refractivity contribution in [1.82, 2.24) is 15.6 Å². The Morgan fingerprint density at radius 2 is 2.38 bits per heavy atom. The molecule has 1 fully saturated rings. The van der Waals surface area contributed by atoms with Gasteiger partial charge in [-0.15, -0.1) is 0 Å². The number of pyridine rings is 1. The number of piperazine rings is 1. The van der Waals surface area contributed by atoms with Crippen molar-refractivity contribution in [2.75, 3.05) is 25.0 Å². The maximum absolute atomic E-state index is 11.8. The van der Waals surface area contributed by atoms with Crippen LogP contribution < -0.4 is 16.0 Å². The van der Waals surface area contributed by atoms with Crippen molar-refractivity contribution in [2.24, 2.45) is 0 Å². The van der Waals surface area contributed by atoms with Crippen LogP contribution in [-0.2, 0) is 4.79 Å². The number of nitrogens with zero attached hydrogens (tertiary/aromatic N) is 1. The Morgan fingerprint density at radius 1 is 1.50 bits per heavy atom. The predicted molar refractivity (Wildman–Crippen MR) is 62.3 cm³/mol. The Hall–Kier alpha value is -1.46. The molecule has 1 atom stereocenters. The highest BCUT2D eigenvalue weighted by molar-refractivity contribution is 5.94.